The minimum Gasteiger partial charge on any atom is -0.339 e. The Morgan fingerprint density at radius 1 is 0.944 bits per heavy atom. The molecule has 2 heterocycles. The molecule has 36 heavy (non-hydrogen) atoms. The summed E-state index contributed by atoms with van der Waals surface area (Å²) < 4.78 is 0. The van der Waals surface area contributed by atoms with Gasteiger partial charge in [-0.05, 0) is 60.4 Å². The average molecular weight is 520 g/mol. The van der Waals surface area contributed by atoms with E-state index in [-0.39, 0.29) is 23.1 Å². The second-order valence-corrected chi connectivity index (χ2v) is 10.4. The lowest BCUT2D eigenvalue weighted by Crippen LogP contribution is -2.28. The molecule has 8 heteroatoms. The molecule has 2 aliphatic heterocycles. The van der Waals surface area contributed by atoms with Crippen LogP contribution in [0.2, 0.25) is 5.02 Å². The summed E-state index contributed by atoms with van der Waals surface area (Å²) in [6, 6.07) is 21.9. The van der Waals surface area contributed by atoms with E-state index in [0.29, 0.717) is 34.1 Å². The SMILES string of the molecule is O=C(Nc1ccccc1C(=O)N1CCCC1)c1ccc([C@H]2SCC(=O)N2Cc2ccc(Cl)cc2)cc1. The first-order valence-electron chi connectivity index (χ1n) is 11.9. The van der Waals surface area contributed by atoms with Gasteiger partial charge >= 0.3 is 0 Å². The fourth-order valence-corrected chi connectivity index (χ4v) is 5.86. The van der Waals surface area contributed by atoms with Crippen molar-refractivity contribution in [3.8, 4) is 0 Å². The van der Waals surface area contributed by atoms with Crippen molar-refractivity contribution in [2.45, 2.75) is 24.8 Å². The zero-order valence-corrected chi connectivity index (χ0v) is 21.2. The first-order valence-corrected chi connectivity index (χ1v) is 13.4. The predicted octanol–water partition coefficient (Wildman–Crippen LogP) is 5.60. The lowest BCUT2D eigenvalue weighted by atomic mass is 10.1. The van der Waals surface area contributed by atoms with Gasteiger partial charge in [0.25, 0.3) is 11.8 Å². The molecule has 0 aromatic heterocycles. The third-order valence-electron chi connectivity index (χ3n) is 6.49. The Bertz CT molecular complexity index is 1270. The van der Waals surface area contributed by atoms with Crippen LogP contribution in [-0.2, 0) is 11.3 Å². The molecule has 0 spiro atoms. The standard InChI is InChI=1S/C28H26ClN3O3S/c29-22-13-7-19(8-14-22)17-32-25(33)18-36-28(32)21-11-9-20(10-12-21)26(34)30-24-6-2-1-5-23(24)27(35)31-15-3-4-16-31/h1-2,5-14,28H,3-4,15-18H2,(H,30,34)/t28-/m1/s1. The maximum atomic E-state index is 13.0. The smallest absolute Gasteiger partial charge is 0.255 e. The normalized spacial score (nSPS) is 17.5. The maximum Gasteiger partial charge on any atom is 0.255 e. The molecule has 3 aromatic rings. The number of likely N-dealkylation sites (tertiary alicyclic amines) is 1. The van der Waals surface area contributed by atoms with Gasteiger partial charge in [0.05, 0.1) is 17.0 Å². The van der Waals surface area contributed by atoms with Crippen LogP contribution in [0.15, 0.2) is 72.8 Å². The number of nitrogens with zero attached hydrogens (tertiary/aromatic N) is 2. The van der Waals surface area contributed by atoms with Crippen LogP contribution in [-0.4, -0.2) is 46.4 Å². The minimum atomic E-state index is -0.281. The Morgan fingerprint density at radius 3 is 2.36 bits per heavy atom. The Hall–Kier alpha value is -3.29. The van der Waals surface area contributed by atoms with Crippen LogP contribution in [0.5, 0.6) is 0 Å². The fourth-order valence-electron chi connectivity index (χ4n) is 4.55. The van der Waals surface area contributed by atoms with Gasteiger partial charge in [0.2, 0.25) is 5.91 Å². The van der Waals surface area contributed by atoms with Gasteiger partial charge in [-0.25, -0.2) is 0 Å². The number of benzene rings is 3. The number of thioether (sulfide) groups is 1. The van der Waals surface area contributed by atoms with Crippen molar-refractivity contribution >= 4 is 46.8 Å². The largest absolute Gasteiger partial charge is 0.339 e. The van der Waals surface area contributed by atoms with Gasteiger partial charge in [-0.15, -0.1) is 11.8 Å². The summed E-state index contributed by atoms with van der Waals surface area (Å²) in [5.74, 6) is 0.169. The average Bonchev–Trinajstić information content (AvgIpc) is 3.56. The number of carbonyl (C=O) groups is 3. The van der Waals surface area contributed by atoms with Crippen LogP contribution < -0.4 is 5.32 Å². The van der Waals surface area contributed by atoms with Gasteiger partial charge < -0.3 is 15.1 Å². The molecule has 0 radical (unpaired) electrons. The van der Waals surface area contributed by atoms with E-state index in [9.17, 15) is 14.4 Å². The number of hydrogen-bond acceptors (Lipinski definition) is 4. The van der Waals surface area contributed by atoms with E-state index in [4.69, 9.17) is 11.6 Å². The van der Waals surface area contributed by atoms with Crippen molar-refractivity contribution in [1.82, 2.24) is 9.80 Å². The summed E-state index contributed by atoms with van der Waals surface area (Å²) in [4.78, 5) is 42.2. The summed E-state index contributed by atoms with van der Waals surface area (Å²) >= 11 is 7.57. The maximum absolute atomic E-state index is 13.0. The quantitative estimate of drug-likeness (QED) is 0.460. The van der Waals surface area contributed by atoms with Crippen LogP contribution in [0, 0.1) is 0 Å². The van der Waals surface area contributed by atoms with E-state index < -0.39 is 0 Å². The van der Waals surface area contributed by atoms with Crippen LogP contribution >= 0.6 is 23.4 Å². The van der Waals surface area contributed by atoms with E-state index >= 15 is 0 Å². The number of halogens is 1. The van der Waals surface area contributed by atoms with Crippen LogP contribution in [0.3, 0.4) is 0 Å². The Balaban J connectivity index is 1.29. The van der Waals surface area contributed by atoms with Gasteiger partial charge in [-0.3, -0.25) is 14.4 Å². The lowest BCUT2D eigenvalue weighted by Gasteiger charge is -2.24. The molecule has 0 aliphatic carbocycles. The van der Waals surface area contributed by atoms with Gasteiger partial charge in [0, 0.05) is 30.2 Å². The minimum absolute atomic E-state index is 0.0533. The first-order chi connectivity index (χ1) is 17.5. The highest BCUT2D eigenvalue weighted by atomic mass is 35.5. The Kier molecular flexibility index (Phi) is 7.30. The van der Waals surface area contributed by atoms with Crippen molar-refractivity contribution < 1.29 is 14.4 Å². The van der Waals surface area contributed by atoms with Crippen molar-refractivity contribution in [2.75, 3.05) is 24.2 Å². The topological polar surface area (TPSA) is 69.7 Å². The monoisotopic (exact) mass is 519 g/mol. The Morgan fingerprint density at radius 2 is 1.64 bits per heavy atom. The van der Waals surface area contributed by atoms with E-state index in [2.05, 4.69) is 5.32 Å². The highest BCUT2D eigenvalue weighted by Gasteiger charge is 2.33. The fraction of sp³-hybridized carbons (Fsp3) is 0.250. The molecule has 6 nitrogen and oxygen atoms in total. The van der Waals surface area contributed by atoms with Crippen LogP contribution in [0.1, 0.15) is 50.1 Å². The molecule has 0 unspecified atom stereocenters. The molecule has 0 bridgehead atoms. The van der Waals surface area contributed by atoms with E-state index in [1.165, 1.54) is 0 Å². The second-order valence-electron chi connectivity index (χ2n) is 8.93. The highest BCUT2D eigenvalue weighted by molar-refractivity contribution is 8.00. The van der Waals surface area contributed by atoms with Crippen molar-refractivity contribution in [2.24, 2.45) is 0 Å². The molecular formula is C28H26ClN3O3S. The molecular weight excluding hydrogens is 494 g/mol. The molecule has 0 saturated carbocycles. The summed E-state index contributed by atoms with van der Waals surface area (Å²) in [7, 11) is 0. The van der Waals surface area contributed by atoms with Crippen molar-refractivity contribution in [3.05, 3.63) is 100 Å². The first kappa shape index (κ1) is 24.4. The van der Waals surface area contributed by atoms with Crippen molar-refractivity contribution in [3.63, 3.8) is 0 Å². The van der Waals surface area contributed by atoms with Gasteiger partial charge in [0.1, 0.15) is 5.37 Å². The summed E-state index contributed by atoms with van der Waals surface area (Å²) in [5.41, 5.74) is 3.47. The summed E-state index contributed by atoms with van der Waals surface area (Å²) in [6.45, 7) is 2.00. The lowest BCUT2D eigenvalue weighted by molar-refractivity contribution is -0.128. The number of hydrogen-bond donors (Lipinski definition) is 1. The number of anilines is 1. The molecule has 1 atom stereocenters. The Labute approximate surface area is 219 Å². The number of carbonyl (C=O) groups excluding carboxylic acids is 3. The highest BCUT2D eigenvalue weighted by Crippen LogP contribution is 2.39. The predicted molar refractivity (Wildman–Crippen MR) is 143 cm³/mol. The third kappa shape index (κ3) is 5.27. The zero-order chi connectivity index (χ0) is 25.1. The molecule has 3 aromatic carbocycles. The second kappa shape index (κ2) is 10.8. The number of para-hydroxylation sites is 1. The molecule has 1 N–H and O–H groups in total. The van der Waals surface area contributed by atoms with E-state index in [1.807, 2.05) is 58.3 Å². The molecule has 2 fully saturated rings. The van der Waals surface area contributed by atoms with Gasteiger partial charge in [0.15, 0.2) is 0 Å². The molecule has 184 valence electrons. The molecule has 2 aliphatic rings. The summed E-state index contributed by atoms with van der Waals surface area (Å²) in [6.07, 6.45) is 2.02. The van der Waals surface area contributed by atoms with Gasteiger partial charge in [-0.1, -0.05) is 48.0 Å². The number of nitrogens with one attached hydrogen (secondary N) is 1. The van der Waals surface area contributed by atoms with E-state index in [1.54, 1.807) is 36.0 Å². The van der Waals surface area contributed by atoms with Gasteiger partial charge in [-0.2, -0.15) is 0 Å². The van der Waals surface area contributed by atoms with Crippen LogP contribution in [0.4, 0.5) is 5.69 Å². The van der Waals surface area contributed by atoms with Crippen LogP contribution in [0.25, 0.3) is 0 Å². The molecule has 2 saturated heterocycles. The number of amides is 3. The molecule has 5 rings (SSSR count). The zero-order valence-electron chi connectivity index (χ0n) is 19.7. The van der Waals surface area contributed by atoms with Crippen molar-refractivity contribution in [1.29, 1.82) is 0 Å². The molecule has 3 amide bonds. The third-order valence-corrected chi connectivity index (χ3v) is 8.00. The number of rotatable bonds is 6. The van der Waals surface area contributed by atoms with E-state index in [0.717, 1.165) is 37.1 Å². The summed E-state index contributed by atoms with van der Waals surface area (Å²) in [5, 5.41) is 3.45.